The zero-order valence-corrected chi connectivity index (χ0v) is 16.7. The van der Waals surface area contributed by atoms with Crippen molar-refractivity contribution >= 4 is 28.9 Å². The lowest BCUT2D eigenvalue weighted by molar-refractivity contribution is -0.385. The smallest absolute Gasteiger partial charge is 0.282 e. The summed E-state index contributed by atoms with van der Waals surface area (Å²) in [7, 11) is 0. The van der Waals surface area contributed by atoms with E-state index >= 15 is 0 Å². The number of nitrogens with zero attached hydrogens (tertiary/aromatic N) is 2. The molecule has 3 rings (SSSR count). The van der Waals surface area contributed by atoms with Crippen molar-refractivity contribution in [1.29, 1.82) is 0 Å². The molecule has 1 fully saturated rings. The molecule has 9 nitrogen and oxygen atoms in total. The Morgan fingerprint density at radius 3 is 2.60 bits per heavy atom. The van der Waals surface area contributed by atoms with E-state index in [9.17, 15) is 19.7 Å². The number of nitro benzene ring substituents is 1. The van der Waals surface area contributed by atoms with Crippen LogP contribution in [0.1, 0.15) is 22.8 Å². The van der Waals surface area contributed by atoms with Crippen molar-refractivity contribution in [2.24, 2.45) is 0 Å². The minimum absolute atomic E-state index is 0.0780. The van der Waals surface area contributed by atoms with Crippen LogP contribution in [-0.4, -0.2) is 49.6 Å². The molecule has 0 radical (unpaired) electrons. The first-order valence-corrected chi connectivity index (χ1v) is 9.76. The van der Waals surface area contributed by atoms with E-state index < -0.39 is 16.7 Å². The molecule has 1 aliphatic heterocycles. The molecule has 158 valence electrons. The fourth-order valence-corrected chi connectivity index (χ4v) is 3.28. The minimum Gasteiger partial charge on any atom is -0.378 e. The largest absolute Gasteiger partial charge is 0.378 e. The molecule has 1 heterocycles. The number of morpholine rings is 1. The second-order valence-electron chi connectivity index (χ2n) is 6.80. The number of rotatable bonds is 7. The van der Waals surface area contributed by atoms with Crippen molar-refractivity contribution in [2.75, 3.05) is 43.1 Å². The van der Waals surface area contributed by atoms with Crippen LogP contribution < -0.4 is 15.5 Å². The van der Waals surface area contributed by atoms with E-state index in [0.717, 1.165) is 12.0 Å². The zero-order chi connectivity index (χ0) is 21.5. The Hall–Kier alpha value is -3.46. The maximum absolute atomic E-state index is 12.6. The summed E-state index contributed by atoms with van der Waals surface area (Å²) in [4.78, 5) is 37.7. The lowest BCUT2D eigenvalue weighted by Crippen LogP contribution is -2.36. The molecule has 0 bridgehead atoms. The highest BCUT2D eigenvalue weighted by Crippen LogP contribution is 2.25. The number of nitro groups is 1. The van der Waals surface area contributed by atoms with Crippen molar-refractivity contribution in [1.82, 2.24) is 5.32 Å². The van der Waals surface area contributed by atoms with E-state index in [4.69, 9.17) is 4.74 Å². The van der Waals surface area contributed by atoms with E-state index in [0.29, 0.717) is 37.7 Å². The van der Waals surface area contributed by atoms with Gasteiger partial charge < -0.3 is 20.3 Å². The molecule has 2 N–H and O–H groups in total. The summed E-state index contributed by atoms with van der Waals surface area (Å²) >= 11 is 0. The van der Waals surface area contributed by atoms with E-state index in [1.165, 1.54) is 12.1 Å². The number of carbonyl (C=O) groups is 2. The van der Waals surface area contributed by atoms with Crippen molar-refractivity contribution in [3.05, 3.63) is 63.7 Å². The van der Waals surface area contributed by atoms with Crippen LogP contribution in [0.2, 0.25) is 0 Å². The molecule has 0 saturated carbocycles. The first-order chi connectivity index (χ1) is 14.5. The number of benzene rings is 2. The van der Waals surface area contributed by atoms with Gasteiger partial charge in [-0.2, -0.15) is 0 Å². The molecule has 2 amide bonds. The topological polar surface area (TPSA) is 114 Å². The Kier molecular flexibility index (Phi) is 6.97. The molecular formula is C21H24N4O5. The molecule has 9 heteroatoms. The Morgan fingerprint density at radius 2 is 1.90 bits per heavy atom. The molecule has 0 unspecified atom stereocenters. The second kappa shape index (κ2) is 9.84. The number of para-hydroxylation sites is 1. The highest BCUT2D eigenvalue weighted by molar-refractivity contribution is 6.02. The molecule has 2 aromatic carbocycles. The third kappa shape index (κ3) is 5.12. The molecular weight excluding hydrogens is 388 g/mol. The van der Waals surface area contributed by atoms with E-state index in [1.807, 2.05) is 30.0 Å². The summed E-state index contributed by atoms with van der Waals surface area (Å²) in [5, 5.41) is 16.6. The Bertz CT molecular complexity index is 941. The maximum Gasteiger partial charge on any atom is 0.282 e. The lowest BCUT2D eigenvalue weighted by atomic mass is 10.1. The lowest BCUT2D eigenvalue weighted by Gasteiger charge is -2.29. The van der Waals surface area contributed by atoms with E-state index in [2.05, 4.69) is 10.6 Å². The number of hydrogen-bond donors (Lipinski definition) is 2. The monoisotopic (exact) mass is 412 g/mol. The SMILES string of the molecule is CCc1ccccc1NC(=O)CNC(=O)c1cc(N2CCOCC2)ccc1[N+](=O)[O-]. The third-order valence-corrected chi connectivity index (χ3v) is 4.88. The molecule has 0 aliphatic carbocycles. The van der Waals surface area contributed by atoms with Crippen LogP contribution >= 0.6 is 0 Å². The van der Waals surface area contributed by atoms with Gasteiger partial charge in [-0.3, -0.25) is 19.7 Å². The van der Waals surface area contributed by atoms with Gasteiger partial charge >= 0.3 is 0 Å². The maximum atomic E-state index is 12.6. The molecule has 0 atom stereocenters. The molecule has 30 heavy (non-hydrogen) atoms. The molecule has 0 aromatic heterocycles. The second-order valence-corrected chi connectivity index (χ2v) is 6.80. The van der Waals surface area contributed by atoms with Crippen molar-refractivity contribution < 1.29 is 19.2 Å². The highest BCUT2D eigenvalue weighted by atomic mass is 16.6. The van der Waals surface area contributed by atoms with Gasteiger partial charge in [0.25, 0.3) is 11.6 Å². The number of ether oxygens (including phenoxy) is 1. The van der Waals surface area contributed by atoms with Gasteiger partial charge in [-0.15, -0.1) is 0 Å². The zero-order valence-electron chi connectivity index (χ0n) is 16.7. The van der Waals surface area contributed by atoms with Crippen molar-refractivity contribution in [2.45, 2.75) is 13.3 Å². The van der Waals surface area contributed by atoms with Gasteiger partial charge in [-0.05, 0) is 30.2 Å². The van der Waals surface area contributed by atoms with Gasteiger partial charge in [0.1, 0.15) is 5.56 Å². The predicted octanol–water partition coefficient (Wildman–Crippen LogP) is 2.36. The van der Waals surface area contributed by atoms with Crippen molar-refractivity contribution in [3.63, 3.8) is 0 Å². The number of anilines is 2. The number of amides is 2. The van der Waals surface area contributed by atoms with Crippen LogP contribution in [0.3, 0.4) is 0 Å². The minimum atomic E-state index is -0.671. The van der Waals surface area contributed by atoms with E-state index in [1.54, 1.807) is 12.1 Å². The average molecular weight is 412 g/mol. The van der Waals surface area contributed by atoms with Gasteiger partial charge in [0.15, 0.2) is 0 Å². The first kappa shape index (κ1) is 21.3. The summed E-state index contributed by atoms with van der Waals surface area (Å²) in [6, 6.07) is 11.8. The fraction of sp³-hybridized carbons (Fsp3) is 0.333. The molecule has 2 aromatic rings. The molecule has 1 saturated heterocycles. The number of nitrogens with one attached hydrogen (secondary N) is 2. The van der Waals surface area contributed by atoms with Crippen LogP contribution in [0.25, 0.3) is 0 Å². The van der Waals surface area contributed by atoms with Gasteiger partial charge in [0, 0.05) is 30.5 Å². The van der Waals surface area contributed by atoms with Crippen LogP contribution in [0.5, 0.6) is 0 Å². The van der Waals surface area contributed by atoms with Crippen LogP contribution in [0, 0.1) is 10.1 Å². The van der Waals surface area contributed by atoms with Gasteiger partial charge in [0.2, 0.25) is 5.91 Å². The normalized spacial score (nSPS) is 13.6. The van der Waals surface area contributed by atoms with Crippen molar-refractivity contribution in [3.8, 4) is 0 Å². The number of hydrogen-bond acceptors (Lipinski definition) is 6. The summed E-state index contributed by atoms with van der Waals surface area (Å²) in [6.45, 7) is 4.06. The first-order valence-electron chi connectivity index (χ1n) is 9.76. The fourth-order valence-electron chi connectivity index (χ4n) is 3.28. The Labute approximate surface area is 174 Å². The van der Waals surface area contributed by atoms with Crippen LogP contribution in [-0.2, 0) is 16.0 Å². The van der Waals surface area contributed by atoms with Gasteiger partial charge in [-0.25, -0.2) is 0 Å². The number of carbonyl (C=O) groups excluding carboxylic acids is 2. The summed E-state index contributed by atoms with van der Waals surface area (Å²) < 4.78 is 5.32. The summed E-state index contributed by atoms with van der Waals surface area (Å²) in [5.74, 6) is -1.08. The summed E-state index contributed by atoms with van der Waals surface area (Å²) in [6.07, 6.45) is 0.753. The average Bonchev–Trinajstić information content (AvgIpc) is 2.78. The van der Waals surface area contributed by atoms with E-state index in [-0.39, 0.29) is 17.8 Å². The molecule has 0 spiro atoms. The predicted molar refractivity (Wildman–Crippen MR) is 113 cm³/mol. The standard InChI is InChI=1S/C21H24N4O5/c1-2-15-5-3-4-6-18(15)23-20(26)14-22-21(27)17-13-16(7-8-19(17)25(28)29)24-9-11-30-12-10-24/h3-8,13H,2,9-12,14H2,1H3,(H,22,27)(H,23,26). The Balaban J connectivity index is 1.70. The van der Waals surface area contributed by atoms with Crippen LogP contribution in [0.15, 0.2) is 42.5 Å². The highest BCUT2D eigenvalue weighted by Gasteiger charge is 2.23. The quantitative estimate of drug-likeness (QED) is 0.533. The summed E-state index contributed by atoms with van der Waals surface area (Å²) in [5.41, 5.74) is 1.98. The molecule has 1 aliphatic rings. The van der Waals surface area contributed by atoms with Gasteiger partial charge in [0.05, 0.1) is 24.7 Å². The Morgan fingerprint density at radius 1 is 1.17 bits per heavy atom. The number of aryl methyl sites for hydroxylation is 1. The van der Waals surface area contributed by atoms with Crippen LogP contribution in [0.4, 0.5) is 17.1 Å². The third-order valence-electron chi connectivity index (χ3n) is 4.88. The van der Waals surface area contributed by atoms with Gasteiger partial charge in [-0.1, -0.05) is 25.1 Å².